The summed E-state index contributed by atoms with van der Waals surface area (Å²) in [5, 5.41) is -1.14. The van der Waals surface area contributed by atoms with Gasteiger partial charge < -0.3 is 0 Å². The lowest BCUT2D eigenvalue weighted by Crippen LogP contribution is -2.02. The largest absolute Gasteiger partial charge is 0.224 e. The molecular formula is C14H10ClF3O2S. The van der Waals surface area contributed by atoms with Crippen LogP contribution in [0.25, 0.3) is 0 Å². The van der Waals surface area contributed by atoms with Gasteiger partial charge in [-0.1, -0.05) is 12.1 Å². The van der Waals surface area contributed by atoms with Gasteiger partial charge in [0, 0.05) is 17.9 Å². The number of rotatable bonds is 3. The van der Waals surface area contributed by atoms with Gasteiger partial charge in [0.25, 0.3) is 0 Å². The van der Waals surface area contributed by atoms with Crippen molar-refractivity contribution in [3.8, 4) is 0 Å². The molecular weight excluding hydrogens is 325 g/mol. The van der Waals surface area contributed by atoms with E-state index in [2.05, 4.69) is 0 Å². The Kier molecular flexibility index (Phi) is 4.30. The number of sulfone groups is 1. The Morgan fingerprint density at radius 2 is 1.62 bits per heavy atom. The molecule has 1 atom stereocenters. The minimum atomic E-state index is -3.45. The molecule has 0 N–H and O–H groups in total. The van der Waals surface area contributed by atoms with Gasteiger partial charge in [0.2, 0.25) is 0 Å². The van der Waals surface area contributed by atoms with E-state index in [-0.39, 0.29) is 16.0 Å². The summed E-state index contributed by atoms with van der Waals surface area (Å²) in [6, 6.07) is 6.62. The second kappa shape index (κ2) is 5.69. The van der Waals surface area contributed by atoms with E-state index in [1.165, 1.54) is 24.3 Å². The Morgan fingerprint density at radius 1 is 1.00 bits per heavy atom. The van der Waals surface area contributed by atoms with Gasteiger partial charge in [0.1, 0.15) is 5.82 Å². The van der Waals surface area contributed by atoms with Crippen LogP contribution < -0.4 is 0 Å². The molecule has 2 nitrogen and oxygen atoms in total. The lowest BCUT2D eigenvalue weighted by atomic mass is 10.0. The van der Waals surface area contributed by atoms with E-state index >= 15 is 0 Å². The molecule has 0 aliphatic rings. The Morgan fingerprint density at radius 3 is 2.24 bits per heavy atom. The molecule has 21 heavy (non-hydrogen) atoms. The van der Waals surface area contributed by atoms with Gasteiger partial charge in [-0.25, -0.2) is 21.6 Å². The molecule has 2 aromatic rings. The summed E-state index contributed by atoms with van der Waals surface area (Å²) in [6.45, 7) is 0. The molecule has 0 saturated carbocycles. The van der Waals surface area contributed by atoms with E-state index in [1.807, 2.05) is 0 Å². The molecule has 2 aromatic carbocycles. The molecule has 0 amide bonds. The van der Waals surface area contributed by atoms with Crippen molar-refractivity contribution < 1.29 is 21.6 Å². The van der Waals surface area contributed by atoms with Crippen molar-refractivity contribution in [2.45, 2.75) is 10.3 Å². The fourth-order valence-corrected chi connectivity index (χ4v) is 2.79. The quantitative estimate of drug-likeness (QED) is 0.631. The zero-order chi connectivity index (χ0) is 15.8. The van der Waals surface area contributed by atoms with Crippen LogP contribution in [-0.4, -0.2) is 14.7 Å². The number of benzene rings is 2. The topological polar surface area (TPSA) is 34.1 Å². The lowest BCUT2D eigenvalue weighted by Gasteiger charge is -2.13. The highest BCUT2D eigenvalue weighted by atomic mass is 35.5. The SMILES string of the molecule is CS(=O)(=O)c1cccc(C(Cl)c2cc(F)c(F)cc2F)c1. The van der Waals surface area contributed by atoms with Crippen LogP contribution in [0.15, 0.2) is 41.3 Å². The highest BCUT2D eigenvalue weighted by molar-refractivity contribution is 7.90. The van der Waals surface area contributed by atoms with Crippen molar-refractivity contribution in [1.29, 1.82) is 0 Å². The van der Waals surface area contributed by atoms with Gasteiger partial charge in [-0.15, -0.1) is 11.6 Å². The molecule has 0 fully saturated rings. The van der Waals surface area contributed by atoms with E-state index in [4.69, 9.17) is 11.6 Å². The Hall–Kier alpha value is -1.53. The molecule has 0 radical (unpaired) electrons. The van der Waals surface area contributed by atoms with Crippen LogP contribution in [0.1, 0.15) is 16.5 Å². The molecule has 0 aliphatic carbocycles. The molecule has 0 saturated heterocycles. The zero-order valence-corrected chi connectivity index (χ0v) is 12.4. The number of hydrogen-bond acceptors (Lipinski definition) is 2. The van der Waals surface area contributed by atoms with Crippen molar-refractivity contribution in [1.82, 2.24) is 0 Å². The summed E-state index contributed by atoms with van der Waals surface area (Å²) < 4.78 is 62.8. The van der Waals surface area contributed by atoms with Crippen LogP contribution in [-0.2, 0) is 9.84 Å². The first kappa shape index (κ1) is 15.9. The smallest absolute Gasteiger partial charge is 0.175 e. The van der Waals surface area contributed by atoms with Gasteiger partial charge in [-0.2, -0.15) is 0 Å². The molecule has 0 aliphatic heterocycles. The average Bonchev–Trinajstić information content (AvgIpc) is 2.41. The first-order valence-electron chi connectivity index (χ1n) is 5.78. The second-order valence-electron chi connectivity index (χ2n) is 4.50. The van der Waals surface area contributed by atoms with Crippen molar-refractivity contribution >= 4 is 21.4 Å². The molecule has 7 heteroatoms. The number of halogens is 4. The summed E-state index contributed by atoms with van der Waals surface area (Å²) >= 11 is 6.06. The minimum absolute atomic E-state index is 0.00800. The number of hydrogen-bond donors (Lipinski definition) is 0. The van der Waals surface area contributed by atoms with Crippen molar-refractivity contribution in [2.24, 2.45) is 0 Å². The van der Waals surface area contributed by atoms with Gasteiger partial charge in [0.05, 0.1) is 10.3 Å². The van der Waals surface area contributed by atoms with Crippen LogP contribution in [0.5, 0.6) is 0 Å². The predicted molar refractivity (Wildman–Crippen MR) is 73.6 cm³/mol. The van der Waals surface area contributed by atoms with E-state index in [0.29, 0.717) is 12.1 Å². The predicted octanol–water partition coefficient (Wildman–Crippen LogP) is 3.84. The molecule has 0 heterocycles. The normalized spacial score (nSPS) is 13.2. The summed E-state index contributed by atoms with van der Waals surface area (Å²) in [7, 11) is -3.45. The van der Waals surface area contributed by atoms with E-state index < -0.39 is 32.7 Å². The summed E-state index contributed by atoms with van der Waals surface area (Å²) in [5.41, 5.74) is 0.00529. The highest BCUT2D eigenvalue weighted by Gasteiger charge is 2.20. The Balaban J connectivity index is 2.50. The second-order valence-corrected chi connectivity index (χ2v) is 6.95. The summed E-state index contributed by atoms with van der Waals surface area (Å²) in [4.78, 5) is 0.00800. The molecule has 2 rings (SSSR count). The fourth-order valence-electron chi connectivity index (χ4n) is 1.81. The maximum atomic E-state index is 13.7. The number of alkyl halides is 1. The third-order valence-corrected chi connectivity index (χ3v) is 4.49. The molecule has 0 aromatic heterocycles. The molecule has 1 unspecified atom stereocenters. The third-order valence-electron chi connectivity index (χ3n) is 2.89. The van der Waals surface area contributed by atoms with E-state index in [0.717, 1.165) is 6.26 Å². The Bertz CT molecular complexity index is 791. The molecule has 0 spiro atoms. The van der Waals surface area contributed by atoms with Gasteiger partial charge in [0.15, 0.2) is 21.5 Å². The minimum Gasteiger partial charge on any atom is -0.224 e. The van der Waals surface area contributed by atoms with Gasteiger partial charge in [-0.3, -0.25) is 0 Å². The zero-order valence-electron chi connectivity index (χ0n) is 10.8. The highest BCUT2D eigenvalue weighted by Crippen LogP contribution is 2.32. The lowest BCUT2D eigenvalue weighted by molar-refractivity contribution is 0.490. The monoisotopic (exact) mass is 334 g/mol. The van der Waals surface area contributed by atoms with Crippen LogP contribution in [0.4, 0.5) is 13.2 Å². The average molecular weight is 335 g/mol. The van der Waals surface area contributed by atoms with Crippen LogP contribution >= 0.6 is 11.6 Å². The standard InChI is InChI=1S/C14H10ClF3O2S/c1-21(19,20)9-4-2-3-8(5-9)14(15)10-6-12(17)13(18)7-11(10)16/h2-7,14H,1H3. The van der Waals surface area contributed by atoms with E-state index in [1.54, 1.807) is 0 Å². The van der Waals surface area contributed by atoms with Gasteiger partial charge in [-0.05, 0) is 23.8 Å². The first-order valence-corrected chi connectivity index (χ1v) is 8.11. The maximum Gasteiger partial charge on any atom is 0.175 e. The molecule has 112 valence electrons. The van der Waals surface area contributed by atoms with Crippen molar-refractivity contribution in [3.63, 3.8) is 0 Å². The summed E-state index contributed by atoms with van der Waals surface area (Å²) in [6.07, 6.45) is 1.02. The maximum absolute atomic E-state index is 13.7. The first-order chi connectivity index (χ1) is 9.70. The van der Waals surface area contributed by atoms with Crippen molar-refractivity contribution in [3.05, 3.63) is 65.0 Å². The van der Waals surface area contributed by atoms with Crippen LogP contribution in [0.2, 0.25) is 0 Å². The third kappa shape index (κ3) is 3.39. The van der Waals surface area contributed by atoms with Crippen LogP contribution in [0, 0.1) is 17.5 Å². The Labute approximate surface area is 125 Å². The van der Waals surface area contributed by atoms with E-state index in [9.17, 15) is 21.6 Å². The fraction of sp³-hybridized carbons (Fsp3) is 0.143. The summed E-state index contributed by atoms with van der Waals surface area (Å²) in [5.74, 6) is -3.54. The van der Waals surface area contributed by atoms with Crippen LogP contribution in [0.3, 0.4) is 0 Å². The molecule has 0 bridgehead atoms. The van der Waals surface area contributed by atoms with Gasteiger partial charge >= 0.3 is 0 Å². The van der Waals surface area contributed by atoms with Crippen molar-refractivity contribution in [2.75, 3.05) is 6.26 Å².